The van der Waals surface area contributed by atoms with Crippen molar-refractivity contribution in [2.24, 2.45) is 0 Å². The molecule has 8 aromatic carbocycles. The van der Waals surface area contributed by atoms with Crippen LogP contribution in [0.15, 0.2) is 194 Å². The van der Waals surface area contributed by atoms with Gasteiger partial charge in [-0.05, 0) is 195 Å². The van der Waals surface area contributed by atoms with E-state index in [-0.39, 0.29) is 23.0 Å². The molecule has 0 saturated heterocycles. The van der Waals surface area contributed by atoms with Crippen LogP contribution in [-0.4, -0.2) is 20.4 Å². The SMILES string of the molecule is CCC(CCCc1cccc(O)c1C(=C(c1c(O)cccc1CCCC(CC)c1ccccc1)c1c(O)cccc1CCCC(CC)c1ccccc1)c1c(O)cccc1CCCC(CC)c1ccccc1)c1ccccc1. The van der Waals surface area contributed by atoms with E-state index in [0.717, 1.165) is 99.3 Å². The molecule has 0 aliphatic rings. The maximum absolute atomic E-state index is 12.8. The summed E-state index contributed by atoms with van der Waals surface area (Å²) in [4.78, 5) is 0. The maximum atomic E-state index is 12.8. The van der Waals surface area contributed by atoms with E-state index in [0.29, 0.717) is 82.8 Å². The summed E-state index contributed by atoms with van der Waals surface area (Å²) in [6.45, 7) is 9.04. The predicted octanol–water partition coefficient (Wildman–Crippen LogP) is 19.6. The highest BCUT2D eigenvalue weighted by atomic mass is 16.3. The Balaban J connectivity index is 1.35. The molecule has 8 aromatic rings. The van der Waals surface area contributed by atoms with Crippen molar-refractivity contribution in [3.05, 3.63) is 261 Å². The van der Waals surface area contributed by atoms with E-state index < -0.39 is 0 Å². The zero-order chi connectivity index (χ0) is 54.6. The number of hydrogen-bond donors (Lipinski definition) is 4. The highest BCUT2D eigenvalue weighted by molar-refractivity contribution is 6.10. The first-order chi connectivity index (χ1) is 38.2. The Morgan fingerprint density at radius 1 is 0.269 bits per heavy atom. The van der Waals surface area contributed by atoms with Crippen LogP contribution in [0.25, 0.3) is 11.1 Å². The Morgan fingerprint density at radius 3 is 0.667 bits per heavy atom. The summed E-state index contributed by atoms with van der Waals surface area (Å²) < 4.78 is 0. The van der Waals surface area contributed by atoms with E-state index in [9.17, 15) is 20.4 Å². The summed E-state index contributed by atoms with van der Waals surface area (Å²) in [7, 11) is 0. The quantitative estimate of drug-likeness (QED) is 0.0369. The normalized spacial score (nSPS) is 12.9. The van der Waals surface area contributed by atoms with Crippen LogP contribution in [-0.2, 0) is 25.7 Å². The van der Waals surface area contributed by atoms with Crippen LogP contribution >= 0.6 is 0 Å². The molecule has 4 unspecified atom stereocenters. The van der Waals surface area contributed by atoms with Crippen molar-refractivity contribution in [3.63, 3.8) is 0 Å². The molecule has 0 aliphatic carbocycles. The molecule has 4 nitrogen and oxygen atoms in total. The molecule has 0 aromatic heterocycles. The maximum Gasteiger partial charge on any atom is 0.123 e. The van der Waals surface area contributed by atoms with Gasteiger partial charge in [0.1, 0.15) is 23.0 Å². The van der Waals surface area contributed by atoms with Gasteiger partial charge in [-0.2, -0.15) is 0 Å². The Kier molecular flexibility index (Phi) is 21.1. The lowest BCUT2D eigenvalue weighted by molar-refractivity contribution is 0.467. The van der Waals surface area contributed by atoms with Gasteiger partial charge >= 0.3 is 0 Å². The Bertz CT molecular complexity index is 2700. The smallest absolute Gasteiger partial charge is 0.123 e. The second-order valence-corrected chi connectivity index (χ2v) is 21.6. The van der Waals surface area contributed by atoms with Crippen LogP contribution in [0.1, 0.15) is 195 Å². The summed E-state index contributed by atoms with van der Waals surface area (Å²) >= 11 is 0. The highest BCUT2D eigenvalue weighted by Crippen LogP contribution is 2.51. The largest absolute Gasteiger partial charge is 0.507 e. The average Bonchev–Trinajstić information content (AvgIpc) is 3.48. The van der Waals surface area contributed by atoms with Crippen molar-refractivity contribution in [1.82, 2.24) is 0 Å². The fraction of sp³-hybridized carbons (Fsp3) is 0.324. The molecule has 404 valence electrons. The van der Waals surface area contributed by atoms with Gasteiger partial charge in [-0.25, -0.2) is 0 Å². The topological polar surface area (TPSA) is 80.9 Å². The molecule has 0 saturated carbocycles. The molecular formula is C74H84O4. The lowest BCUT2D eigenvalue weighted by atomic mass is 9.77. The van der Waals surface area contributed by atoms with Crippen molar-refractivity contribution < 1.29 is 20.4 Å². The predicted molar refractivity (Wildman–Crippen MR) is 327 cm³/mol. The van der Waals surface area contributed by atoms with Crippen LogP contribution in [0.3, 0.4) is 0 Å². The molecule has 78 heavy (non-hydrogen) atoms. The van der Waals surface area contributed by atoms with Gasteiger partial charge in [-0.15, -0.1) is 0 Å². The van der Waals surface area contributed by atoms with E-state index in [1.807, 2.05) is 24.3 Å². The molecule has 0 radical (unpaired) electrons. The molecule has 0 heterocycles. The minimum absolute atomic E-state index is 0.0932. The first kappa shape index (κ1) is 56.9. The van der Waals surface area contributed by atoms with Gasteiger partial charge in [0.05, 0.1) is 0 Å². The molecule has 0 fully saturated rings. The standard InChI is InChI=1S/C74H84O4/c1-5-53(57-29-13-9-14-30-57)37-21-41-61-45-25-49-65(75)69(61)73(70-62(46-26-50-66(70)76)42-22-38-54(6-2)58-31-15-10-16-32-58)74(71-63(47-27-51-67(71)77)43-23-39-55(7-3)59-33-17-11-18-34-59)72-64(48-28-52-68(72)78)44-24-40-56(8-4)60-35-19-12-20-36-60/h9-20,25-36,45-56,75-78H,5-8,21-24,37-44H2,1-4H3. The van der Waals surface area contributed by atoms with Crippen LogP contribution in [0.2, 0.25) is 0 Å². The molecule has 0 aliphatic heterocycles. The van der Waals surface area contributed by atoms with Crippen molar-refractivity contribution >= 4 is 11.1 Å². The minimum atomic E-state index is 0.0932. The molecule has 0 amide bonds. The molecule has 4 atom stereocenters. The van der Waals surface area contributed by atoms with Gasteiger partial charge < -0.3 is 20.4 Å². The van der Waals surface area contributed by atoms with E-state index in [2.05, 4.69) is 173 Å². The van der Waals surface area contributed by atoms with Gasteiger partial charge in [0, 0.05) is 33.4 Å². The van der Waals surface area contributed by atoms with Crippen LogP contribution in [0, 0.1) is 0 Å². The number of aromatic hydroxyl groups is 4. The monoisotopic (exact) mass is 1040 g/mol. The minimum Gasteiger partial charge on any atom is -0.507 e. The molecule has 4 heteroatoms. The second-order valence-electron chi connectivity index (χ2n) is 21.6. The number of aryl methyl sites for hydroxylation is 4. The summed E-state index contributed by atoms with van der Waals surface area (Å²) in [5.41, 5.74) is 12.8. The summed E-state index contributed by atoms with van der Waals surface area (Å²) in [6, 6.07) is 66.4. The highest BCUT2D eigenvalue weighted by Gasteiger charge is 2.31. The van der Waals surface area contributed by atoms with Crippen LogP contribution in [0.5, 0.6) is 23.0 Å². The summed E-state index contributed by atoms with van der Waals surface area (Å²) in [5, 5.41) is 51.2. The van der Waals surface area contributed by atoms with Gasteiger partial charge in [0.2, 0.25) is 0 Å². The molecular weight excluding hydrogens is 953 g/mol. The van der Waals surface area contributed by atoms with Crippen molar-refractivity contribution in [3.8, 4) is 23.0 Å². The third-order valence-electron chi connectivity index (χ3n) is 16.8. The van der Waals surface area contributed by atoms with Crippen molar-refractivity contribution in [1.29, 1.82) is 0 Å². The number of benzene rings is 8. The molecule has 0 spiro atoms. The molecule has 4 N–H and O–H groups in total. The third kappa shape index (κ3) is 14.2. The lowest BCUT2D eigenvalue weighted by Crippen LogP contribution is -2.09. The number of phenols is 4. The number of hydrogen-bond acceptors (Lipinski definition) is 4. The summed E-state index contributed by atoms with van der Waals surface area (Å²) in [6.07, 6.45) is 14.0. The van der Waals surface area contributed by atoms with Gasteiger partial charge in [-0.3, -0.25) is 0 Å². The first-order valence-electron chi connectivity index (χ1n) is 29.4. The lowest BCUT2D eigenvalue weighted by Gasteiger charge is -2.27. The third-order valence-corrected chi connectivity index (χ3v) is 16.8. The Morgan fingerprint density at radius 2 is 0.474 bits per heavy atom. The van der Waals surface area contributed by atoms with E-state index in [1.54, 1.807) is 24.3 Å². The number of phenolic OH excluding ortho intramolecular Hbond substituents is 4. The van der Waals surface area contributed by atoms with E-state index in [4.69, 9.17) is 0 Å². The van der Waals surface area contributed by atoms with Crippen molar-refractivity contribution in [2.45, 2.75) is 154 Å². The van der Waals surface area contributed by atoms with Crippen molar-refractivity contribution in [2.75, 3.05) is 0 Å². The second kappa shape index (κ2) is 28.9. The Labute approximate surface area is 467 Å². The molecule has 8 rings (SSSR count). The van der Waals surface area contributed by atoms with E-state index >= 15 is 0 Å². The first-order valence-corrected chi connectivity index (χ1v) is 29.4. The average molecular weight is 1040 g/mol. The zero-order valence-electron chi connectivity index (χ0n) is 46.9. The van der Waals surface area contributed by atoms with Gasteiger partial charge in [0.15, 0.2) is 0 Å². The van der Waals surface area contributed by atoms with Gasteiger partial charge in [-0.1, -0.05) is 198 Å². The van der Waals surface area contributed by atoms with Crippen LogP contribution in [0.4, 0.5) is 0 Å². The summed E-state index contributed by atoms with van der Waals surface area (Å²) in [5.74, 6) is 1.88. The Hall–Kier alpha value is -7.30. The number of rotatable bonds is 28. The van der Waals surface area contributed by atoms with E-state index in [1.165, 1.54) is 22.3 Å². The molecule has 0 bridgehead atoms. The van der Waals surface area contributed by atoms with Crippen LogP contribution < -0.4 is 0 Å². The fourth-order valence-electron chi connectivity index (χ4n) is 12.6. The van der Waals surface area contributed by atoms with Gasteiger partial charge in [0.25, 0.3) is 0 Å². The zero-order valence-corrected chi connectivity index (χ0v) is 46.9. The fourth-order valence-corrected chi connectivity index (χ4v) is 12.6.